The molecule has 0 aliphatic carbocycles. The van der Waals surface area contributed by atoms with Crippen molar-refractivity contribution in [1.29, 1.82) is 0 Å². The maximum atomic E-state index is 12.3. The van der Waals surface area contributed by atoms with Crippen molar-refractivity contribution in [3.05, 3.63) is 52.2 Å². The van der Waals surface area contributed by atoms with Gasteiger partial charge in [-0.05, 0) is 43.0 Å². The second-order valence-corrected chi connectivity index (χ2v) is 6.13. The third-order valence-electron chi connectivity index (χ3n) is 3.52. The molecule has 2 amide bonds. The number of hydrogen-bond donors (Lipinski definition) is 2. The summed E-state index contributed by atoms with van der Waals surface area (Å²) in [5.41, 5.74) is 7.63. The summed E-state index contributed by atoms with van der Waals surface area (Å²) in [6.07, 6.45) is 0. The molecule has 0 fully saturated rings. The summed E-state index contributed by atoms with van der Waals surface area (Å²) >= 11 is 1.65. The van der Waals surface area contributed by atoms with Crippen LogP contribution in [0.5, 0.6) is 0 Å². The predicted molar refractivity (Wildman–Crippen MR) is 88.6 cm³/mol. The minimum absolute atomic E-state index is 0.0432. The average molecular weight is 303 g/mol. The molecule has 0 saturated carbocycles. The Morgan fingerprint density at radius 2 is 2.05 bits per heavy atom. The van der Waals surface area contributed by atoms with E-state index >= 15 is 0 Å². The lowest BCUT2D eigenvalue weighted by Crippen LogP contribution is -2.33. The zero-order valence-electron chi connectivity index (χ0n) is 12.5. The number of anilines is 1. The molecule has 2 unspecified atom stereocenters. The number of nitrogens with two attached hydrogens (primary N) is 1. The molecule has 4 nitrogen and oxygen atoms in total. The molecule has 0 aliphatic rings. The van der Waals surface area contributed by atoms with Gasteiger partial charge < -0.3 is 16.0 Å². The van der Waals surface area contributed by atoms with Gasteiger partial charge in [-0.1, -0.05) is 18.2 Å². The van der Waals surface area contributed by atoms with Crippen LogP contribution in [0.25, 0.3) is 0 Å². The lowest BCUT2D eigenvalue weighted by atomic mass is 10.1. The summed E-state index contributed by atoms with van der Waals surface area (Å²) in [6.45, 7) is 3.94. The summed E-state index contributed by atoms with van der Waals surface area (Å²) in [4.78, 5) is 15.2. The molecule has 2 aromatic rings. The molecule has 1 aromatic carbocycles. The first-order valence-electron chi connectivity index (χ1n) is 6.92. The van der Waals surface area contributed by atoms with Gasteiger partial charge in [-0.15, -0.1) is 11.3 Å². The van der Waals surface area contributed by atoms with Gasteiger partial charge in [-0.3, -0.25) is 0 Å². The van der Waals surface area contributed by atoms with Crippen molar-refractivity contribution in [3.63, 3.8) is 0 Å². The quantitative estimate of drug-likeness (QED) is 0.897. The number of benzene rings is 1. The van der Waals surface area contributed by atoms with Crippen molar-refractivity contribution in [1.82, 2.24) is 4.90 Å². The van der Waals surface area contributed by atoms with E-state index in [1.165, 1.54) is 0 Å². The first-order valence-corrected chi connectivity index (χ1v) is 7.79. The van der Waals surface area contributed by atoms with E-state index in [4.69, 9.17) is 5.73 Å². The van der Waals surface area contributed by atoms with Crippen LogP contribution in [0.4, 0.5) is 10.5 Å². The third-order valence-corrected chi connectivity index (χ3v) is 4.56. The summed E-state index contributed by atoms with van der Waals surface area (Å²) in [5, 5.41) is 4.93. The molecule has 5 heteroatoms. The van der Waals surface area contributed by atoms with Crippen LogP contribution in [0, 0.1) is 0 Å². The molecular formula is C16H21N3OS. The van der Waals surface area contributed by atoms with Crippen molar-refractivity contribution in [2.24, 2.45) is 5.73 Å². The van der Waals surface area contributed by atoms with E-state index in [2.05, 4.69) is 5.32 Å². The fourth-order valence-electron chi connectivity index (χ4n) is 2.01. The molecular weight excluding hydrogens is 282 g/mol. The van der Waals surface area contributed by atoms with Crippen molar-refractivity contribution >= 4 is 23.1 Å². The Morgan fingerprint density at radius 3 is 2.67 bits per heavy atom. The largest absolute Gasteiger partial charge is 0.324 e. The highest BCUT2D eigenvalue weighted by Gasteiger charge is 2.18. The van der Waals surface area contributed by atoms with E-state index in [0.29, 0.717) is 0 Å². The van der Waals surface area contributed by atoms with E-state index in [1.54, 1.807) is 23.3 Å². The zero-order chi connectivity index (χ0) is 15.4. The van der Waals surface area contributed by atoms with E-state index < -0.39 is 0 Å². The molecule has 0 radical (unpaired) electrons. The summed E-state index contributed by atoms with van der Waals surface area (Å²) in [6, 6.07) is 11.5. The summed E-state index contributed by atoms with van der Waals surface area (Å²) in [5.74, 6) is 0. The molecule has 0 saturated heterocycles. The van der Waals surface area contributed by atoms with Crippen LogP contribution in [0.15, 0.2) is 41.8 Å². The van der Waals surface area contributed by atoms with Crippen molar-refractivity contribution < 1.29 is 4.79 Å². The number of urea groups is 1. The van der Waals surface area contributed by atoms with E-state index in [0.717, 1.165) is 16.1 Å². The minimum Gasteiger partial charge on any atom is -0.324 e. The molecule has 2 atom stereocenters. The minimum atomic E-state index is -0.127. The summed E-state index contributed by atoms with van der Waals surface area (Å²) in [7, 11) is 1.80. The number of carbonyl (C=O) groups excluding carboxylic acids is 1. The Labute approximate surface area is 129 Å². The smallest absolute Gasteiger partial charge is 0.322 e. The normalized spacial score (nSPS) is 13.5. The van der Waals surface area contributed by atoms with Gasteiger partial charge in [0, 0.05) is 23.7 Å². The molecule has 0 bridgehead atoms. The lowest BCUT2D eigenvalue weighted by molar-refractivity contribution is 0.209. The highest BCUT2D eigenvalue weighted by Crippen LogP contribution is 2.24. The van der Waals surface area contributed by atoms with Gasteiger partial charge in [0.25, 0.3) is 0 Å². The van der Waals surface area contributed by atoms with Gasteiger partial charge in [0.05, 0.1) is 6.04 Å². The van der Waals surface area contributed by atoms with Crippen LogP contribution in [0.3, 0.4) is 0 Å². The van der Waals surface area contributed by atoms with Crippen LogP contribution in [-0.2, 0) is 0 Å². The number of nitrogens with one attached hydrogen (secondary N) is 1. The van der Waals surface area contributed by atoms with Gasteiger partial charge in [-0.25, -0.2) is 4.79 Å². The van der Waals surface area contributed by atoms with Crippen molar-refractivity contribution in [2.45, 2.75) is 25.9 Å². The van der Waals surface area contributed by atoms with E-state index in [9.17, 15) is 4.79 Å². The highest BCUT2D eigenvalue weighted by atomic mass is 32.1. The van der Waals surface area contributed by atoms with E-state index in [-0.39, 0.29) is 18.1 Å². The molecule has 3 N–H and O–H groups in total. The summed E-state index contributed by atoms with van der Waals surface area (Å²) < 4.78 is 0. The monoisotopic (exact) mass is 303 g/mol. The van der Waals surface area contributed by atoms with Gasteiger partial charge in [0.15, 0.2) is 0 Å². The topological polar surface area (TPSA) is 58.4 Å². The zero-order valence-corrected chi connectivity index (χ0v) is 13.4. The second kappa shape index (κ2) is 6.74. The van der Waals surface area contributed by atoms with Crippen molar-refractivity contribution in [3.8, 4) is 0 Å². The Morgan fingerprint density at radius 1 is 1.29 bits per heavy atom. The van der Waals surface area contributed by atoms with E-state index in [1.807, 2.05) is 55.6 Å². The molecule has 112 valence electrons. The van der Waals surface area contributed by atoms with Crippen LogP contribution < -0.4 is 11.1 Å². The molecule has 0 spiro atoms. The maximum Gasteiger partial charge on any atom is 0.322 e. The van der Waals surface area contributed by atoms with Gasteiger partial charge in [0.1, 0.15) is 0 Å². The number of nitrogens with zero attached hydrogens (tertiary/aromatic N) is 1. The molecule has 21 heavy (non-hydrogen) atoms. The fourth-order valence-corrected chi connectivity index (χ4v) is 2.83. The predicted octanol–water partition coefficient (Wildman–Crippen LogP) is 3.99. The Hall–Kier alpha value is -1.85. The Bertz CT molecular complexity index is 595. The third kappa shape index (κ3) is 3.83. The van der Waals surface area contributed by atoms with Gasteiger partial charge in [-0.2, -0.15) is 0 Å². The maximum absolute atomic E-state index is 12.3. The van der Waals surface area contributed by atoms with Gasteiger partial charge in [0.2, 0.25) is 0 Å². The fraction of sp³-hybridized carbons (Fsp3) is 0.312. The standard InChI is InChI=1S/C16H21N3OS/c1-11(17)13-6-4-7-14(10-13)18-16(20)19(3)12(2)15-8-5-9-21-15/h4-12H,17H2,1-3H3,(H,18,20). The van der Waals surface area contributed by atoms with Crippen LogP contribution in [-0.4, -0.2) is 18.0 Å². The second-order valence-electron chi connectivity index (χ2n) is 5.15. The SMILES string of the molecule is CC(N)c1cccc(NC(=O)N(C)C(C)c2cccs2)c1. The van der Waals surface area contributed by atoms with Crippen LogP contribution >= 0.6 is 11.3 Å². The highest BCUT2D eigenvalue weighted by molar-refractivity contribution is 7.10. The first-order chi connectivity index (χ1) is 9.99. The average Bonchev–Trinajstić information content (AvgIpc) is 3.00. The molecule has 2 rings (SSSR count). The Kier molecular flexibility index (Phi) is 4.98. The number of rotatable bonds is 4. The molecule has 0 aliphatic heterocycles. The van der Waals surface area contributed by atoms with Crippen LogP contribution in [0.2, 0.25) is 0 Å². The number of amides is 2. The number of hydrogen-bond acceptors (Lipinski definition) is 3. The van der Waals surface area contributed by atoms with Crippen molar-refractivity contribution in [2.75, 3.05) is 12.4 Å². The van der Waals surface area contributed by atoms with Gasteiger partial charge >= 0.3 is 6.03 Å². The molecule has 1 aromatic heterocycles. The Balaban J connectivity index is 2.05. The molecule has 1 heterocycles. The first kappa shape index (κ1) is 15.5. The number of carbonyl (C=O) groups is 1. The lowest BCUT2D eigenvalue weighted by Gasteiger charge is -2.24. The van der Waals surface area contributed by atoms with Crippen LogP contribution in [0.1, 0.15) is 36.4 Å². The number of thiophene rings is 1.